The van der Waals surface area contributed by atoms with E-state index in [9.17, 15) is 14.7 Å². The summed E-state index contributed by atoms with van der Waals surface area (Å²) in [5.74, 6) is -0.939. The number of amides is 1. The number of hydrogen-bond acceptors (Lipinski definition) is 3. The van der Waals surface area contributed by atoms with Gasteiger partial charge in [0.1, 0.15) is 6.04 Å². The summed E-state index contributed by atoms with van der Waals surface area (Å²) >= 11 is 0. The summed E-state index contributed by atoms with van der Waals surface area (Å²) in [5.41, 5.74) is 0. The van der Waals surface area contributed by atoms with Gasteiger partial charge in [-0.05, 0) is 6.42 Å². The number of carbonyl (C=O) groups is 2. The fraction of sp³-hybridized carbons (Fsp3) is 0.917. The van der Waals surface area contributed by atoms with Crippen LogP contribution in [0.3, 0.4) is 0 Å². The molecule has 0 aromatic rings. The van der Waals surface area contributed by atoms with Gasteiger partial charge in [0, 0.05) is 12.8 Å². The number of carboxylic acids is 1. The van der Waals surface area contributed by atoms with Crippen LogP contribution in [0.15, 0.2) is 0 Å². The van der Waals surface area contributed by atoms with E-state index in [2.05, 4.69) is 12.2 Å². The van der Waals surface area contributed by atoms with Crippen LogP contribution >= 0.6 is 0 Å². The first kappa shape index (κ1) is 27.9. The zero-order valence-electron chi connectivity index (χ0n) is 19.8. The Morgan fingerprint density at radius 2 is 1.24 bits per heavy atom. The minimum Gasteiger partial charge on any atom is -0.544 e. The van der Waals surface area contributed by atoms with Crippen molar-refractivity contribution in [3.8, 4) is 0 Å². The smallest absolute Gasteiger partial charge is 0.220 e. The highest BCUT2D eigenvalue weighted by atomic mass is 16.4. The van der Waals surface area contributed by atoms with Crippen molar-refractivity contribution in [3.05, 3.63) is 0 Å². The molecule has 0 aliphatic carbocycles. The van der Waals surface area contributed by atoms with E-state index in [1.807, 2.05) is 21.0 Å². The molecular weight excluding hydrogens is 364 g/mol. The highest BCUT2D eigenvalue weighted by molar-refractivity contribution is 5.75. The van der Waals surface area contributed by atoms with Gasteiger partial charge in [-0.2, -0.15) is 0 Å². The molecule has 0 heterocycles. The molecule has 1 N–H and O–H groups in total. The Morgan fingerprint density at radius 3 is 1.66 bits per heavy atom. The molecule has 5 nitrogen and oxygen atoms in total. The molecule has 0 radical (unpaired) electrons. The lowest BCUT2D eigenvalue weighted by molar-refractivity contribution is -0.907. The number of carbonyl (C=O) groups excluding carboxylic acids is 2. The zero-order chi connectivity index (χ0) is 22.0. The highest BCUT2D eigenvalue weighted by Crippen LogP contribution is 2.13. The number of nitrogens with zero attached hydrogens (tertiary/aromatic N) is 1. The molecule has 0 aliphatic rings. The van der Waals surface area contributed by atoms with Gasteiger partial charge in [-0.3, -0.25) is 4.79 Å². The zero-order valence-corrected chi connectivity index (χ0v) is 19.8. The van der Waals surface area contributed by atoms with Crippen molar-refractivity contribution in [2.24, 2.45) is 0 Å². The second-order valence-electron chi connectivity index (χ2n) is 9.09. The lowest BCUT2D eigenvalue weighted by Gasteiger charge is -2.38. The van der Waals surface area contributed by atoms with E-state index in [1.165, 1.54) is 70.6 Å². The topological polar surface area (TPSA) is 69.2 Å². The molecule has 0 fully saturated rings. The first-order chi connectivity index (χ1) is 13.8. The second-order valence-corrected chi connectivity index (χ2v) is 9.09. The molecule has 0 saturated heterocycles. The first-order valence-corrected chi connectivity index (χ1v) is 12.1. The first-order valence-electron chi connectivity index (χ1n) is 12.1. The van der Waals surface area contributed by atoms with Crippen LogP contribution in [0, 0.1) is 0 Å². The number of aliphatic carboxylic acids is 1. The molecule has 172 valence electrons. The van der Waals surface area contributed by atoms with E-state index < -0.39 is 12.0 Å². The monoisotopic (exact) mass is 412 g/mol. The fourth-order valence-corrected chi connectivity index (χ4v) is 3.98. The Balaban J connectivity index is 3.54. The normalized spacial score (nSPS) is 12.7. The maximum absolute atomic E-state index is 12.0. The largest absolute Gasteiger partial charge is 0.544 e. The molecule has 0 bridgehead atoms. The van der Waals surface area contributed by atoms with Crippen molar-refractivity contribution in [3.63, 3.8) is 0 Å². The van der Waals surface area contributed by atoms with E-state index in [0.29, 0.717) is 30.4 Å². The lowest BCUT2D eigenvalue weighted by atomic mass is 10.0. The molecule has 0 aliphatic heterocycles. The third kappa shape index (κ3) is 15.4. The van der Waals surface area contributed by atoms with Crippen molar-refractivity contribution in [1.82, 2.24) is 5.32 Å². The van der Waals surface area contributed by atoms with E-state index >= 15 is 0 Å². The van der Waals surface area contributed by atoms with Crippen LogP contribution in [0.25, 0.3) is 0 Å². The average molecular weight is 413 g/mol. The van der Waals surface area contributed by atoms with Crippen molar-refractivity contribution < 1.29 is 19.2 Å². The molecule has 5 heteroatoms. The van der Waals surface area contributed by atoms with Gasteiger partial charge in [0.25, 0.3) is 0 Å². The van der Waals surface area contributed by atoms with Crippen molar-refractivity contribution >= 4 is 11.9 Å². The van der Waals surface area contributed by atoms with Gasteiger partial charge in [-0.1, -0.05) is 90.9 Å². The van der Waals surface area contributed by atoms with E-state index in [1.54, 1.807) is 0 Å². The molecule has 1 amide bonds. The third-order valence-corrected chi connectivity index (χ3v) is 6.02. The maximum atomic E-state index is 12.0. The van der Waals surface area contributed by atoms with Gasteiger partial charge < -0.3 is 19.7 Å². The minimum absolute atomic E-state index is 0.0783. The van der Waals surface area contributed by atoms with Gasteiger partial charge in [-0.15, -0.1) is 0 Å². The number of hydrogen-bond donors (Lipinski definition) is 1. The fourth-order valence-electron chi connectivity index (χ4n) is 3.98. The van der Waals surface area contributed by atoms with E-state index in [4.69, 9.17) is 0 Å². The highest BCUT2D eigenvalue weighted by Gasteiger charge is 2.27. The summed E-state index contributed by atoms with van der Waals surface area (Å²) in [6.45, 7) is 5.22. The van der Waals surface area contributed by atoms with Crippen molar-refractivity contribution in [2.45, 2.75) is 116 Å². The van der Waals surface area contributed by atoms with Gasteiger partial charge in [-0.25, -0.2) is 0 Å². The summed E-state index contributed by atoms with van der Waals surface area (Å²) < 4.78 is 0.331. The van der Waals surface area contributed by atoms with Crippen LogP contribution in [0.4, 0.5) is 0 Å². The van der Waals surface area contributed by atoms with Gasteiger partial charge >= 0.3 is 0 Å². The molecule has 0 spiro atoms. The summed E-state index contributed by atoms with van der Waals surface area (Å²) in [5, 5.41) is 14.1. The van der Waals surface area contributed by atoms with Crippen molar-refractivity contribution in [2.75, 3.05) is 27.2 Å². The number of quaternary nitrogens is 1. The van der Waals surface area contributed by atoms with Crippen LogP contribution in [0.5, 0.6) is 0 Å². The van der Waals surface area contributed by atoms with Crippen LogP contribution in [-0.4, -0.2) is 49.6 Å². The molecule has 1 unspecified atom stereocenters. The number of unbranched alkanes of at least 4 members (excludes halogenated alkanes) is 12. The van der Waals surface area contributed by atoms with Crippen LogP contribution in [0.2, 0.25) is 0 Å². The predicted octanol–water partition coefficient (Wildman–Crippen LogP) is 4.19. The van der Waals surface area contributed by atoms with E-state index in [0.717, 1.165) is 12.8 Å². The summed E-state index contributed by atoms with van der Waals surface area (Å²) in [6.07, 6.45) is 18.0. The number of nitrogens with one attached hydrogen (secondary N) is 1. The van der Waals surface area contributed by atoms with Gasteiger partial charge in [0.15, 0.2) is 0 Å². The van der Waals surface area contributed by atoms with Crippen LogP contribution in [-0.2, 0) is 9.59 Å². The van der Waals surface area contributed by atoms with Crippen LogP contribution < -0.4 is 10.4 Å². The minimum atomic E-state index is -1.02. The number of likely N-dealkylation sites (N-methyl/N-ethyl adjacent to an activating group) is 1. The molecule has 0 saturated carbocycles. The Morgan fingerprint density at radius 1 is 0.793 bits per heavy atom. The van der Waals surface area contributed by atoms with Crippen LogP contribution in [0.1, 0.15) is 110 Å². The second kappa shape index (κ2) is 17.7. The number of rotatable bonds is 20. The van der Waals surface area contributed by atoms with Crippen molar-refractivity contribution in [1.29, 1.82) is 0 Å². The SMILES string of the molecule is CCCCCCCCCCCCCCCC(=O)NCC[N+](C)(C)C(CC)C(=O)[O-]. The standard InChI is InChI=1S/C24H48N2O3/c1-5-7-8-9-10-11-12-13-14-15-16-17-18-19-23(27)25-20-21-26(3,4)22(6-2)24(28)29/h22H,5-21H2,1-4H3,(H-,25,27,28,29). The Labute approximate surface area is 180 Å². The lowest BCUT2D eigenvalue weighted by Crippen LogP contribution is -2.58. The molecule has 1 atom stereocenters. The maximum Gasteiger partial charge on any atom is 0.220 e. The molecule has 29 heavy (non-hydrogen) atoms. The quantitative estimate of drug-likeness (QED) is 0.241. The van der Waals surface area contributed by atoms with Gasteiger partial charge in [0.05, 0.1) is 33.2 Å². The third-order valence-electron chi connectivity index (χ3n) is 6.02. The Hall–Kier alpha value is -1.10. The molecular formula is C24H48N2O3. The average Bonchev–Trinajstić information content (AvgIpc) is 2.65. The molecule has 0 rings (SSSR count). The Bertz CT molecular complexity index is 424. The Kier molecular flexibility index (Phi) is 17.1. The van der Waals surface area contributed by atoms with E-state index in [-0.39, 0.29) is 5.91 Å². The predicted molar refractivity (Wildman–Crippen MR) is 119 cm³/mol. The summed E-state index contributed by atoms with van der Waals surface area (Å²) in [7, 11) is 3.76. The molecule has 0 aromatic carbocycles. The summed E-state index contributed by atoms with van der Waals surface area (Å²) in [4.78, 5) is 23.2. The van der Waals surface area contributed by atoms with Gasteiger partial charge in [0.2, 0.25) is 5.91 Å². The molecule has 0 aromatic heterocycles. The number of carboxylic acid groups (broad SMARTS) is 1. The summed E-state index contributed by atoms with van der Waals surface area (Å²) in [6, 6.07) is -0.534.